The van der Waals surface area contributed by atoms with Crippen LogP contribution in [0, 0.1) is 0 Å². The third-order valence-corrected chi connectivity index (χ3v) is 5.79. The quantitative estimate of drug-likeness (QED) is 0.499. The number of amides is 1. The Bertz CT molecular complexity index is 1200. The van der Waals surface area contributed by atoms with Crippen LogP contribution < -0.4 is 4.90 Å². The van der Waals surface area contributed by atoms with Gasteiger partial charge in [-0.1, -0.05) is 18.2 Å². The first-order chi connectivity index (χ1) is 13.7. The van der Waals surface area contributed by atoms with Gasteiger partial charge in [0.2, 0.25) is 11.7 Å². The van der Waals surface area contributed by atoms with Crippen molar-refractivity contribution in [3.63, 3.8) is 0 Å². The number of nitrogens with zero attached hydrogens (tertiary/aromatic N) is 4. The predicted octanol–water partition coefficient (Wildman–Crippen LogP) is 3.82. The van der Waals surface area contributed by atoms with E-state index < -0.39 is 0 Å². The molecular formula is C21H16N4O2S. The van der Waals surface area contributed by atoms with Crippen LogP contribution >= 0.6 is 11.3 Å². The van der Waals surface area contributed by atoms with E-state index >= 15 is 0 Å². The Kier molecular flexibility index (Phi) is 4.02. The van der Waals surface area contributed by atoms with Crippen molar-refractivity contribution in [2.24, 2.45) is 0 Å². The van der Waals surface area contributed by atoms with Gasteiger partial charge in [0, 0.05) is 30.4 Å². The highest BCUT2D eigenvalue weighted by atomic mass is 32.1. The first-order valence-corrected chi connectivity index (χ1v) is 9.92. The van der Waals surface area contributed by atoms with Crippen molar-refractivity contribution in [2.45, 2.75) is 12.8 Å². The summed E-state index contributed by atoms with van der Waals surface area (Å²) >= 11 is 1.40. The topological polar surface area (TPSA) is 67.6 Å². The fourth-order valence-corrected chi connectivity index (χ4v) is 4.24. The molecule has 1 saturated heterocycles. The minimum atomic E-state index is -0.0777. The van der Waals surface area contributed by atoms with Crippen LogP contribution in [-0.4, -0.2) is 32.8 Å². The minimum absolute atomic E-state index is 0.0777. The summed E-state index contributed by atoms with van der Waals surface area (Å²) in [4.78, 5) is 31.7. The summed E-state index contributed by atoms with van der Waals surface area (Å²) in [5.41, 5.74) is 3.63. The van der Waals surface area contributed by atoms with Crippen LogP contribution in [0.4, 0.5) is 5.69 Å². The van der Waals surface area contributed by atoms with E-state index in [2.05, 4.69) is 10.1 Å². The largest absolute Gasteiger partial charge is 0.312 e. The van der Waals surface area contributed by atoms with Crippen LogP contribution in [0.1, 0.15) is 28.1 Å². The van der Waals surface area contributed by atoms with Crippen LogP contribution in [0.2, 0.25) is 0 Å². The van der Waals surface area contributed by atoms with Crippen molar-refractivity contribution in [3.8, 4) is 11.3 Å². The second kappa shape index (κ2) is 6.69. The summed E-state index contributed by atoms with van der Waals surface area (Å²) < 4.78 is 1.69. The predicted molar refractivity (Wildman–Crippen MR) is 108 cm³/mol. The Morgan fingerprint density at radius 2 is 2.07 bits per heavy atom. The second-order valence-corrected chi connectivity index (χ2v) is 7.58. The Morgan fingerprint density at radius 1 is 1.14 bits per heavy atom. The normalized spacial score (nSPS) is 14.1. The SMILES string of the molecule is O=C(c1cccs1)c1cnn2c(-c3cccc(N4CCCC4=O)c3)ccnc12. The molecule has 138 valence electrons. The molecule has 1 amide bonds. The number of anilines is 1. The van der Waals surface area contributed by atoms with E-state index in [1.54, 1.807) is 23.0 Å². The molecule has 0 radical (unpaired) electrons. The third-order valence-electron chi connectivity index (χ3n) is 4.92. The van der Waals surface area contributed by atoms with Crippen LogP contribution in [0.15, 0.2) is 60.2 Å². The van der Waals surface area contributed by atoms with Gasteiger partial charge in [-0.2, -0.15) is 5.10 Å². The molecule has 0 saturated carbocycles. The Labute approximate surface area is 165 Å². The van der Waals surface area contributed by atoms with Crippen LogP contribution in [0.3, 0.4) is 0 Å². The van der Waals surface area contributed by atoms with E-state index in [0.29, 0.717) is 22.5 Å². The van der Waals surface area contributed by atoms with E-state index in [4.69, 9.17) is 0 Å². The van der Waals surface area contributed by atoms with Gasteiger partial charge in [0.1, 0.15) is 0 Å². The average molecular weight is 388 g/mol. The molecule has 0 unspecified atom stereocenters. The highest BCUT2D eigenvalue weighted by molar-refractivity contribution is 7.12. The number of carbonyl (C=O) groups excluding carboxylic acids is 2. The molecule has 4 aromatic rings. The summed E-state index contributed by atoms with van der Waals surface area (Å²) in [5, 5.41) is 6.30. The number of benzene rings is 1. The molecule has 28 heavy (non-hydrogen) atoms. The molecule has 0 aliphatic carbocycles. The number of hydrogen-bond donors (Lipinski definition) is 0. The number of thiophene rings is 1. The fourth-order valence-electron chi connectivity index (χ4n) is 3.57. The van der Waals surface area contributed by atoms with Gasteiger partial charge in [-0.25, -0.2) is 9.50 Å². The molecule has 1 fully saturated rings. The number of ketones is 1. The number of aromatic nitrogens is 3. The van der Waals surface area contributed by atoms with E-state index in [-0.39, 0.29) is 11.7 Å². The standard InChI is InChI=1S/C21H16N4O2S/c26-19-7-2-10-24(19)15-5-1-4-14(12-15)17-8-9-22-21-16(13-23-25(17)21)20(27)18-6-3-11-28-18/h1,3-6,8-9,11-13H,2,7,10H2. The van der Waals surface area contributed by atoms with Gasteiger partial charge in [-0.05, 0) is 36.1 Å². The molecule has 0 spiro atoms. The highest BCUT2D eigenvalue weighted by Gasteiger charge is 2.22. The Morgan fingerprint density at radius 3 is 2.86 bits per heavy atom. The van der Waals surface area contributed by atoms with Gasteiger partial charge in [0.15, 0.2) is 5.65 Å². The molecule has 1 aliphatic rings. The third kappa shape index (κ3) is 2.71. The van der Waals surface area contributed by atoms with E-state index in [0.717, 1.165) is 29.9 Å². The van der Waals surface area contributed by atoms with Crippen molar-refractivity contribution in [3.05, 3.63) is 70.7 Å². The average Bonchev–Trinajstić information content (AvgIpc) is 3.47. The van der Waals surface area contributed by atoms with Gasteiger partial charge >= 0.3 is 0 Å². The van der Waals surface area contributed by atoms with Crippen molar-refractivity contribution >= 4 is 34.4 Å². The molecule has 4 heterocycles. The van der Waals surface area contributed by atoms with E-state index in [1.165, 1.54) is 11.3 Å². The van der Waals surface area contributed by atoms with Gasteiger partial charge in [0.05, 0.1) is 22.3 Å². The zero-order valence-electron chi connectivity index (χ0n) is 14.9. The molecule has 0 atom stereocenters. The van der Waals surface area contributed by atoms with Crippen LogP contribution in [0.25, 0.3) is 16.9 Å². The minimum Gasteiger partial charge on any atom is -0.312 e. The number of hydrogen-bond acceptors (Lipinski definition) is 5. The highest BCUT2D eigenvalue weighted by Crippen LogP contribution is 2.28. The smallest absolute Gasteiger partial charge is 0.227 e. The van der Waals surface area contributed by atoms with Gasteiger partial charge in [0.25, 0.3) is 0 Å². The maximum Gasteiger partial charge on any atom is 0.227 e. The number of rotatable bonds is 4. The lowest BCUT2D eigenvalue weighted by Crippen LogP contribution is -2.23. The summed E-state index contributed by atoms with van der Waals surface area (Å²) in [5.74, 6) is 0.0750. The van der Waals surface area contributed by atoms with Crippen molar-refractivity contribution in [1.29, 1.82) is 0 Å². The maximum absolute atomic E-state index is 12.8. The van der Waals surface area contributed by atoms with Crippen molar-refractivity contribution in [1.82, 2.24) is 14.6 Å². The van der Waals surface area contributed by atoms with Gasteiger partial charge in [-0.15, -0.1) is 11.3 Å². The molecule has 0 N–H and O–H groups in total. The lowest BCUT2D eigenvalue weighted by atomic mass is 10.1. The zero-order chi connectivity index (χ0) is 19.1. The van der Waals surface area contributed by atoms with E-state index in [1.807, 2.05) is 46.7 Å². The summed E-state index contributed by atoms with van der Waals surface area (Å²) in [6.07, 6.45) is 4.74. The first-order valence-electron chi connectivity index (χ1n) is 9.04. The summed E-state index contributed by atoms with van der Waals surface area (Å²) in [6.45, 7) is 0.745. The maximum atomic E-state index is 12.8. The molecule has 1 aromatic carbocycles. The summed E-state index contributed by atoms with van der Waals surface area (Å²) in [7, 11) is 0. The molecule has 0 bridgehead atoms. The van der Waals surface area contributed by atoms with Crippen LogP contribution in [-0.2, 0) is 4.79 Å². The Balaban J connectivity index is 1.59. The monoisotopic (exact) mass is 388 g/mol. The van der Waals surface area contributed by atoms with Crippen molar-refractivity contribution in [2.75, 3.05) is 11.4 Å². The Hall–Kier alpha value is -3.32. The molecule has 5 rings (SSSR count). The fraction of sp³-hybridized carbons (Fsp3) is 0.143. The molecule has 6 nitrogen and oxygen atoms in total. The zero-order valence-corrected chi connectivity index (χ0v) is 15.7. The van der Waals surface area contributed by atoms with E-state index in [9.17, 15) is 9.59 Å². The van der Waals surface area contributed by atoms with Gasteiger partial charge in [-0.3, -0.25) is 9.59 Å². The molecule has 7 heteroatoms. The van der Waals surface area contributed by atoms with Crippen LogP contribution in [0.5, 0.6) is 0 Å². The summed E-state index contributed by atoms with van der Waals surface area (Å²) in [6, 6.07) is 13.4. The molecule has 1 aliphatic heterocycles. The number of carbonyl (C=O) groups is 2. The molecular weight excluding hydrogens is 372 g/mol. The second-order valence-electron chi connectivity index (χ2n) is 6.63. The lowest BCUT2D eigenvalue weighted by molar-refractivity contribution is -0.117. The number of fused-ring (bicyclic) bond motifs is 1. The lowest BCUT2D eigenvalue weighted by Gasteiger charge is -2.16. The first kappa shape index (κ1) is 16.8. The van der Waals surface area contributed by atoms with Gasteiger partial charge < -0.3 is 4.90 Å². The van der Waals surface area contributed by atoms with Crippen molar-refractivity contribution < 1.29 is 9.59 Å². The molecule has 3 aromatic heterocycles.